The minimum atomic E-state index is 0.0270. The third kappa shape index (κ3) is 0.701. The van der Waals surface area contributed by atoms with Crippen molar-refractivity contribution < 1.29 is 9.53 Å². The van der Waals surface area contributed by atoms with Gasteiger partial charge in [-0.25, -0.2) is 0 Å². The van der Waals surface area contributed by atoms with Gasteiger partial charge in [-0.15, -0.1) is 0 Å². The monoisotopic (exact) mass is 238 g/mol. The highest BCUT2D eigenvalue weighted by Crippen LogP contribution is 2.41. The van der Waals surface area contributed by atoms with E-state index in [9.17, 15) is 4.79 Å². The third-order valence-electron chi connectivity index (χ3n) is 2.06. The highest BCUT2D eigenvalue weighted by molar-refractivity contribution is 14.1. The van der Waals surface area contributed by atoms with Gasteiger partial charge in [0.05, 0.1) is 5.92 Å². The quantitative estimate of drug-likeness (QED) is 0.359. The molecule has 2 nitrogen and oxygen atoms in total. The second-order valence-electron chi connectivity index (χ2n) is 2.60. The molecule has 0 bridgehead atoms. The van der Waals surface area contributed by atoms with Gasteiger partial charge in [0.1, 0.15) is 6.10 Å². The summed E-state index contributed by atoms with van der Waals surface area (Å²) in [7, 11) is 0. The summed E-state index contributed by atoms with van der Waals surface area (Å²) in [5.74, 6) is 0.297. The van der Waals surface area contributed by atoms with E-state index in [1.54, 1.807) is 0 Å². The summed E-state index contributed by atoms with van der Waals surface area (Å²) in [6.45, 7) is 0. The van der Waals surface area contributed by atoms with Crippen LogP contribution in [0.2, 0.25) is 0 Å². The predicted molar refractivity (Wildman–Crippen MR) is 40.4 cm³/mol. The molecule has 3 atom stereocenters. The summed E-state index contributed by atoms with van der Waals surface area (Å²) in [5.41, 5.74) is 0. The fourth-order valence-corrected chi connectivity index (χ4v) is 2.48. The molecule has 1 heterocycles. The Hall–Kier alpha value is 0.200. The summed E-state index contributed by atoms with van der Waals surface area (Å²) >= 11 is 2.36. The van der Waals surface area contributed by atoms with Crippen molar-refractivity contribution in [2.24, 2.45) is 5.92 Å². The van der Waals surface area contributed by atoms with Gasteiger partial charge in [-0.05, 0) is 12.8 Å². The molecule has 0 aromatic carbocycles. The van der Waals surface area contributed by atoms with Crippen LogP contribution in [0.4, 0.5) is 0 Å². The average Bonchev–Trinajstić information content (AvgIpc) is 2.07. The van der Waals surface area contributed by atoms with Crippen LogP contribution in [-0.4, -0.2) is 16.0 Å². The van der Waals surface area contributed by atoms with E-state index >= 15 is 0 Å². The number of halogens is 1. The number of hydrogen-bond donors (Lipinski definition) is 0. The van der Waals surface area contributed by atoms with Gasteiger partial charge in [-0.2, -0.15) is 0 Å². The van der Waals surface area contributed by atoms with E-state index < -0.39 is 0 Å². The minimum absolute atomic E-state index is 0.0270. The van der Waals surface area contributed by atoms with Crippen molar-refractivity contribution >= 4 is 28.6 Å². The summed E-state index contributed by atoms with van der Waals surface area (Å²) in [4.78, 5) is 10.6. The molecule has 1 aliphatic carbocycles. The van der Waals surface area contributed by atoms with E-state index in [0.717, 1.165) is 12.8 Å². The topological polar surface area (TPSA) is 26.3 Å². The zero-order valence-electron chi connectivity index (χ0n) is 4.84. The van der Waals surface area contributed by atoms with Gasteiger partial charge in [0.15, 0.2) is 0 Å². The van der Waals surface area contributed by atoms with Gasteiger partial charge in [0.25, 0.3) is 0 Å². The van der Waals surface area contributed by atoms with E-state index in [1.165, 1.54) is 0 Å². The third-order valence-corrected chi connectivity index (χ3v) is 3.39. The fraction of sp³-hybridized carbons (Fsp3) is 0.833. The van der Waals surface area contributed by atoms with Crippen molar-refractivity contribution in [2.45, 2.75) is 22.9 Å². The number of rotatable bonds is 0. The molecule has 0 spiro atoms. The van der Waals surface area contributed by atoms with Crippen LogP contribution >= 0.6 is 22.6 Å². The Labute approximate surface area is 67.1 Å². The van der Waals surface area contributed by atoms with E-state index in [-0.39, 0.29) is 18.0 Å². The Morgan fingerprint density at radius 2 is 2.33 bits per heavy atom. The number of ether oxygens (including phenoxy) is 1. The van der Waals surface area contributed by atoms with Gasteiger partial charge in [-0.3, -0.25) is 4.79 Å². The first-order valence-electron chi connectivity index (χ1n) is 3.13. The Balaban J connectivity index is 2.11. The van der Waals surface area contributed by atoms with Crippen LogP contribution < -0.4 is 0 Å². The van der Waals surface area contributed by atoms with Crippen molar-refractivity contribution in [3.63, 3.8) is 0 Å². The molecule has 1 saturated carbocycles. The molecule has 1 unspecified atom stereocenters. The Bertz CT molecular complexity index is 157. The zero-order valence-corrected chi connectivity index (χ0v) is 7.00. The molecule has 0 radical (unpaired) electrons. The van der Waals surface area contributed by atoms with Gasteiger partial charge >= 0.3 is 5.97 Å². The molecule has 50 valence electrons. The summed E-state index contributed by atoms with van der Waals surface area (Å²) in [6.07, 6.45) is 2.48. The number of carbonyl (C=O) groups is 1. The molecule has 1 saturated heterocycles. The average molecular weight is 238 g/mol. The first-order valence-corrected chi connectivity index (χ1v) is 4.38. The van der Waals surface area contributed by atoms with Gasteiger partial charge in [0.2, 0.25) is 0 Å². The lowest BCUT2D eigenvalue weighted by Crippen LogP contribution is -2.44. The normalized spacial score (nSPS) is 47.7. The molecule has 3 heteroatoms. The first-order chi connectivity index (χ1) is 4.29. The molecular weight excluding hydrogens is 231 g/mol. The van der Waals surface area contributed by atoms with Crippen molar-refractivity contribution in [2.75, 3.05) is 0 Å². The minimum Gasteiger partial charge on any atom is -0.460 e. The number of alkyl halides is 1. The Morgan fingerprint density at radius 1 is 1.56 bits per heavy atom. The van der Waals surface area contributed by atoms with Crippen LogP contribution in [0.3, 0.4) is 0 Å². The molecule has 2 aliphatic rings. The summed E-state index contributed by atoms with van der Waals surface area (Å²) in [5, 5.41) is 0. The lowest BCUT2D eigenvalue weighted by molar-refractivity contribution is -0.178. The number of carbonyl (C=O) groups excluding carboxylic acids is 1. The summed E-state index contributed by atoms with van der Waals surface area (Å²) in [6, 6.07) is 0. The van der Waals surface area contributed by atoms with E-state index in [0.29, 0.717) is 3.92 Å². The zero-order chi connectivity index (χ0) is 6.43. The lowest BCUT2D eigenvalue weighted by Gasteiger charge is -2.30. The molecule has 2 rings (SSSR count). The predicted octanol–water partition coefficient (Wildman–Crippen LogP) is 1.13. The van der Waals surface area contributed by atoms with Crippen molar-refractivity contribution in [3.8, 4) is 0 Å². The van der Waals surface area contributed by atoms with Gasteiger partial charge < -0.3 is 4.74 Å². The highest BCUT2D eigenvalue weighted by Gasteiger charge is 2.50. The smallest absolute Gasteiger partial charge is 0.313 e. The number of hydrogen-bond acceptors (Lipinski definition) is 2. The molecule has 0 amide bonds. The van der Waals surface area contributed by atoms with E-state index in [2.05, 4.69) is 22.6 Å². The second kappa shape index (κ2) is 1.84. The maximum Gasteiger partial charge on any atom is 0.313 e. The van der Waals surface area contributed by atoms with Crippen LogP contribution in [0.1, 0.15) is 12.8 Å². The molecule has 1 aliphatic heterocycles. The van der Waals surface area contributed by atoms with Crippen LogP contribution in [0.25, 0.3) is 0 Å². The van der Waals surface area contributed by atoms with E-state index in [4.69, 9.17) is 4.74 Å². The number of fused-ring (bicyclic) bond motifs is 1. The summed E-state index contributed by atoms with van der Waals surface area (Å²) < 4.78 is 5.52. The lowest BCUT2D eigenvalue weighted by atomic mass is 10.0. The van der Waals surface area contributed by atoms with E-state index in [1.807, 2.05) is 0 Å². The van der Waals surface area contributed by atoms with Crippen molar-refractivity contribution in [3.05, 3.63) is 0 Å². The standard InChI is InChI=1S/C6H7IO2/c7-4-2-1-3-5(4)9-6(3)8/h3-5H,1-2H2/t3?,4-,5-/m1/s1. The second-order valence-corrected chi connectivity index (χ2v) is 4.20. The van der Waals surface area contributed by atoms with Crippen LogP contribution in [0.5, 0.6) is 0 Å². The molecule has 0 aromatic heterocycles. The largest absolute Gasteiger partial charge is 0.460 e. The molecular formula is C6H7IO2. The Kier molecular flexibility index (Phi) is 1.22. The number of esters is 1. The Morgan fingerprint density at radius 3 is 2.78 bits per heavy atom. The molecule has 0 aromatic rings. The van der Waals surface area contributed by atoms with Gasteiger partial charge in [0, 0.05) is 3.92 Å². The maximum atomic E-state index is 10.6. The SMILES string of the molecule is O=C1O[C@@H]2C1CC[C@H]2I. The maximum absolute atomic E-state index is 10.6. The van der Waals surface area contributed by atoms with Crippen LogP contribution in [0, 0.1) is 5.92 Å². The molecule has 0 N–H and O–H groups in total. The van der Waals surface area contributed by atoms with Crippen LogP contribution in [-0.2, 0) is 9.53 Å². The van der Waals surface area contributed by atoms with Crippen LogP contribution in [0.15, 0.2) is 0 Å². The fourth-order valence-electron chi connectivity index (χ4n) is 1.48. The molecule has 9 heavy (non-hydrogen) atoms. The molecule has 2 fully saturated rings. The highest BCUT2D eigenvalue weighted by atomic mass is 127. The first kappa shape index (κ1) is 5.95. The van der Waals surface area contributed by atoms with Crippen molar-refractivity contribution in [1.29, 1.82) is 0 Å². The van der Waals surface area contributed by atoms with Gasteiger partial charge in [-0.1, -0.05) is 22.6 Å². The van der Waals surface area contributed by atoms with Crippen molar-refractivity contribution in [1.82, 2.24) is 0 Å².